The fourth-order valence-electron chi connectivity index (χ4n) is 3.50. The van der Waals surface area contributed by atoms with Crippen molar-refractivity contribution in [1.82, 2.24) is 9.29 Å². The van der Waals surface area contributed by atoms with Gasteiger partial charge in [-0.1, -0.05) is 66.2 Å². The Morgan fingerprint density at radius 2 is 1.50 bits per heavy atom. The summed E-state index contributed by atoms with van der Waals surface area (Å²) < 4.78 is 31.2. The van der Waals surface area contributed by atoms with Gasteiger partial charge in [0, 0.05) is 29.7 Å². The number of benzene rings is 3. The van der Waals surface area contributed by atoms with E-state index in [-0.39, 0.29) is 4.90 Å². The molecule has 0 aliphatic heterocycles. The molecular weight excluding hydrogens is 368 g/mol. The SMILES string of the molecule is Cc1ccc(S(=O)(=O)NC(c2ccccc2)c2cn(C)c3ccccc23)cc1. The molecule has 142 valence electrons. The summed E-state index contributed by atoms with van der Waals surface area (Å²) in [6.45, 7) is 1.94. The zero-order chi connectivity index (χ0) is 19.7. The molecule has 3 aromatic carbocycles. The second kappa shape index (κ2) is 7.26. The minimum Gasteiger partial charge on any atom is -0.350 e. The number of fused-ring (bicyclic) bond motifs is 1. The van der Waals surface area contributed by atoms with Crippen molar-refractivity contribution in [1.29, 1.82) is 0 Å². The molecule has 0 saturated heterocycles. The van der Waals surface area contributed by atoms with Gasteiger partial charge in [0.25, 0.3) is 0 Å². The van der Waals surface area contributed by atoms with E-state index in [9.17, 15) is 8.42 Å². The lowest BCUT2D eigenvalue weighted by Crippen LogP contribution is -2.29. The van der Waals surface area contributed by atoms with E-state index >= 15 is 0 Å². The van der Waals surface area contributed by atoms with Gasteiger partial charge in [-0.3, -0.25) is 0 Å². The van der Waals surface area contributed by atoms with Crippen LogP contribution in [0, 0.1) is 6.92 Å². The quantitative estimate of drug-likeness (QED) is 0.543. The van der Waals surface area contributed by atoms with Crippen LogP contribution in [0.4, 0.5) is 0 Å². The maximum Gasteiger partial charge on any atom is 0.241 e. The van der Waals surface area contributed by atoms with Crippen LogP contribution in [0.25, 0.3) is 10.9 Å². The zero-order valence-electron chi connectivity index (χ0n) is 15.8. The third-order valence-corrected chi connectivity index (χ3v) is 6.41. The molecule has 0 fully saturated rings. The molecule has 0 saturated carbocycles. The molecule has 1 heterocycles. The molecule has 1 aromatic heterocycles. The summed E-state index contributed by atoms with van der Waals surface area (Å²) in [5.41, 5.74) is 3.91. The third-order valence-electron chi connectivity index (χ3n) is 4.98. The van der Waals surface area contributed by atoms with Crippen molar-refractivity contribution < 1.29 is 8.42 Å². The molecule has 5 heteroatoms. The Kier molecular flexibility index (Phi) is 4.79. The maximum absolute atomic E-state index is 13.1. The van der Waals surface area contributed by atoms with Crippen LogP contribution in [-0.4, -0.2) is 13.0 Å². The van der Waals surface area contributed by atoms with Crippen molar-refractivity contribution in [3.8, 4) is 0 Å². The Hall–Kier alpha value is -2.89. The lowest BCUT2D eigenvalue weighted by atomic mass is 9.99. The molecule has 0 aliphatic carbocycles. The molecule has 0 radical (unpaired) electrons. The summed E-state index contributed by atoms with van der Waals surface area (Å²) in [6, 6.07) is 24.1. The van der Waals surface area contributed by atoms with E-state index in [4.69, 9.17) is 0 Å². The van der Waals surface area contributed by atoms with E-state index in [0.29, 0.717) is 0 Å². The minimum absolute atomic E-state index is 0.263. The third kappa shape index (κ3) is 3.46. The van der Waals surface area contributed by atoms with Crippen molar-refractivity contribution in [2.24, 2.45) is 7.05 Å². The Bertz CT molecular complexity index is 1210. The van der Waals surface area contributed by atoms with Gasteiger partial charge in [0.1, 0.15) is 0 Å². The van der Waals surface area contributed by atoms with Crippen LogP contribution < -0.4 is 4.72 Å². The van der Waals surface area contributed by atoms with Gasteiger partial charge in [0.05, 0.1) is 10.9 Å². The monoisotopic (exact) mass is 390 g/mol. The molecular formula is C23H22N2O2S. The number of nitrogens with zero attached hydrogens (tertiary/aromatic N) is 1. The molecule has 0 spiro atoms. The molecule has 28 heavy (non-hydrogen) atoms. The van der Waals surface area contributed by atoms with Crippen molar-refractivity contribution in [2.45, 2.75) is 17.9 Å². The highest BCUT2D eigenvalue weighted by Gasteiger charge is 2.25. The van der Waals surface area contributed by atoms with Crippen LogP contribution in [0.15, 0.2) is 90.0 Å². The van der Waals surface area contributed by atoms with Crippen LogP contribution in [-0.2, 0) is 17.1 Å². The number of rotatable bonds is 5. The minimum atomic E-state index is -3.69. The van der Waals surface area contributed by atoms with Gasteiger partial charge in [-0.05, 0) is 30.7 Å². The first kappa shape index (κ1) is 18.5. The Labute approximate surface area is 165 Å². The highest BCUT2D eigenvalue weighted by atomic mass is 32.2. The van der Waals surface area contributed by atoms with Crippen LogP contribution in [0.2, 0.25) is 0 Å². The molecule has 1 N–H and O–H groups in total. The fraction of sp³-hybridized carbons (Fsp3) is 0.130. The van der Waals surface area contributed by atoms with Gasteiger partial charge in [-0.15, -0.1) is 0 Å². The molecule has 4 nitrogen and oxygen atoms in total. The van der Waals surface area contributed by atoms with Crippen LogP contribution in [0.5, 0.6) is 0 Å². The Morgan fingerprint density at radius 1 is 0.857 bits per heavy atom. The van der Waals surface area contributed by atoms with Gasteiger partial charge in [0.15, 0.2) is 0 Å². The van der Waals surface area contributed by atoms with E-state index in [1.165, 1.54) is 0 Å². The number of aromatic nitrogens is 1. The van der Waals surface area contributed by atoms with Gasteiger partial charge >= 0.3 is 0 Å². The molecule has 0 bridgehead atoms. The number of sulfonamides is 1. The predicted molar refractivity (Wildman–Crippen MR) is 113 cm³/mol. The maximum atomic E-state index is 13.1. The average molecular weight is 391 g/mol. The fourth-order valence-corrected chi connectivity index (χ4v) is 4.70. The molecule has 4 rings (SSSR count). The highest BCUT2D eigenvalue weighted by molar-refractivity contribution is 7.89. The molecule has 4 aromatic rings. The molecule has 0 aliphatic rings. The van der Waals surface area contributed by atoms with Gasteiger partial charge < -0.3 is 4.57 Å². The van der Waals surface area contributed by atoms with E-state index in [1.807, 2.05) is 91.5 Å². The van der Waals surface area contributed by atoms with E-state index in [0.717, 1.165) is 27.6 Å². The lowest BCUT2D eigenvalue weighted by molar-refractivity contribution is 0.572. The second-order valence-electron chi connectivity index (χ2n) is 6.99. The van der Waals surface area contributed by atoms with E-state index in [2.05, 4.69) is 4.72 Å². The smallest absolute Gasteiger partial charge is 0.241 e. The summed E-state index contributed by atoms with van der Waals surface area (Å²) in [4.78, 5) is 0.263. The van der Waals surface area contributed by atoms with Crippen molar-refractivity contribution in [3.05, 3.63) is 102 Å². The number of aryl methyl sites for hydroxylation is 2. The Morgan fingerprint density at radius 3 is 2.21 bits per heavy atom. The highest BCUT2D eigenvalue weighted by Crippen LogP contribution is 2.31. The first-order valence-corrected chi connectivity index (χ1v) is 10.6. The summed E-state index contributed by atoms with van der Waals surface area (Å²) in [5, 5.41) is 1.03. The second-order valence-corrected chi connectivity index (χ2v) is 8.70. The summed E-state index contributed by atoms with van der Waals surface area (Å²) >= 11 is 0. The summed E-state index contributed by atoms with van der Waals surface area (Å²) in [7, 11) is -1.72. The average Bonchev–Trinajstić information content (AvgIpc) is 3.04. The van der Waals surface area contributed by atoms with Crippen molar-refractivity contribution in [2.75, 3.05) is 0 Å². The zero-order valence-corrected chi connectivity index (χ0v) is 16.6. The molecule has 1 atom stereocenters. The number of hydrogen-bond acceptors (Lipinski definition) is 2. The lowest BCUT2D eigenvalue weighted by Gasteiger charge is -2.19. The van der Waals surface area contributed by atoms with Crippen LogP contribution in [0.1, 0.15) is 22.7 Å². The first-order valence-electron chi connectivity index (χ1n) is 9.13. The van der Waals surface area contributed by atoms with Crippen molar-refractivity contribution in [3.63, 3.8) is 0 Å². The number of hydrogen-bond donors (Lipinski definition) is 1. The van der Waals surface area contributed by atoms with Gasteiger partial charge in [-0.25, -0.2) is 8.42 Å². The molecule has 1 unspecified atom stereocenters. The van der Waals surface area contributed by atoms with Gasteiger partial charge in [-0.2, -0.15) is 4.72 Å². The normalized spacial score (nSPS) is 12.9. The largest absolute Gasteiger partial charge is 0.350 e. The van der Waals surface area contributed by atoms with Crippen LogP contribution >= 0.6 is 0 Å². The Balaban J connectivity index is 1.84. The number of para-hydroxylation sites is 1. The van der Waals surface area contributed by atoms with Gasteiger partial charge in [0.2, 0.25) is 10.0 Å². The first-order chi connectivity index (χ1) is 13.5. The summed E-state index contributed by atoms with van der Waals surface area (Å²) in [5.74, 6) is 0. The van der Waals surface area contributed by atoms with Crippen molar-refractivity contribution >= 4 is 20.9 Å². The summed E-state index contributed by atoms with van der Waals surface area (Å²) in [6.07, 6.45) is 2.00. The van der Waals surface area contributed by atoms with E-state index in [1.54, 1.807) is 12.1 Å². The topological polar surface area (TPSA) is 51.1 Å². The standard InChI is InChI=1S/C23H22N2O2S/c1-17-12-14-19(15-13-17)28(26,27)24-23(18-8-4-3-5-9-18)21-16-25(2)22-11-7-6-10-20(21)22/h3-16,23-24H,1-2H3. The van der Waals surface area contributed by atoms with Crippen LogP contribution in [0.3, 0.4) is 0 Å². The molecule has 0 amide bonds. The number of nitrogens with one attached hydrogen (secondary N) is 1. The van der Waals surface area contributed by atoms with E-state index < -0.39 is 16.1 Å². The predicted octanol–water partition coefficient (Wildman–Crippen LogP) is 4.55.